The van der Waals surface area contributed by atoms with Gasteiger partial charge in [-0.1, -0.05) is 12.1 Å². The van der Waals surface area contributed by atoms with Gasteiger partial charge in [0.2, 0.25) is 0 Å². The highest BCUT2D eigenvalue weighted by Crippen LogP contribution is 2.31. The topological polar surface area (TPSA) is 82.3 Å². The van der Waals surface area contributed by atoms with Gasteiger partial charge in [-0.3, -0.25) is 15.1 Å². The highest BCUT2D eigenvalue weighted by molar-refractivity contribution is 7.15. The van der Waals surface area contributed by atoms with Crippen LogP contribution in [-0.4, -0.2) is 23.0 Å². The number of thiophene rings is 1. The number of carbonyl (C=O) groups is 1. The van der Waals surface area contributed by atoms with Crippen molar-refractivity contribution >= 4 is 35.1 Å². The van der Waals surface area contributed by atoms with Gasteiger partial charge in [0.15, 0.2) is 0 Å². The molecule has 0 atom stereocenters. The number of hydrogen-bond acceptors (Lipinski definition) is 6. The summed E-state index contributed by atoms with van der Waals surface area (Å²) in [6.45, 7) is 0. The van der Waals surface area contributed by atoms with Gasteiger partial charge >= 0.3 is 5.97 Å². The van der Waals surface area contributed by atoms with Crippen LogP contribution in [0.3, 0.4) is 0 Å². The molecule has 102 valence electrons. The quantitative estimate of drug-likeness (QED) is 0.491. The fraction of sp³-hybridized carbons (Fsp3) is 0.0769. The molecule has 0 saturated carbocycles. The molecule has 0 bridgehead atoms. The number of nitrogens with zero attached hydrogens (tertiary/aromatic N) is 2. The Morgan fingerprint density at radius 3 is 2.90 bits per heavy atom. The maximum atomic E-state index is 11.4. The van der Waals surface area contributed by atoms with E-state index in [1.165, 1.54) is 13.2 Å². The molecule has 7 heteroatoms. The molecular formula is C13H10N2O4S. The van der Waals surface area contributed by atoms with E-state index in [-0.39, 0.29) is 10.6 Å². The number of ether oxygens (including phenoxy) is 1. The van der Waals surface area contributed by atoms with Crippen LogP contribution in [0, 0.1) is 10.1 Å². The summed E-state index contributed by atoms with van der Waals surface area (Å²) >= 11 is 1.02. The van der Waals surface area contributed by atoms with Gasteiger partial charge in [0.1, 0.15) is 9.75 Å². The van der Waals surface area contributed by atoms with Gasteiger partial charge < -0.3 is 4.74 Å². The van der Waals surface area contributed by atoms with Crippen LogP contribution >= 0.6 is 11.3 Å². The monoisotopic (exact) mass is 290 g/mol. The predicted molar refractivity (Wildman–Crippen MR) is 75.5 cm³/mol. The van der Waals surface area contributed by atoms with E-state index >= 15 is 0 Å². The molecule has 0 aliphatic rings. The van der Waals surface area contributed by atoms with E-state index in [0.717, 1.165) is 16.9 Å². The van der Waals surface area contributed by atoms with Crippen molar-refractivity contribution < 1.29 is 14.5 Å². The van der Waals surface area contributed by atoms with E-state index < -0.39 is 10.9 Å². The molecule has 20 heavy (non-hydrogen) atoms. The molecule has 0 unspecified atom stereocenters. The number of rotatable bonds is 4. The zero-order valence-electron chi connectivity index (χ0n) is 10.5. The zero-order valence-corrected chi connectivity index (χ0v) is 11.3. The largest absolute Gasteiger partial charge is 0.465 e. The lowest BCUT2D eigenvalue weighted by Gasteiger charge is -1.91. The van der Waals surface area contributed by atoms with Crippen molar-refractivity contribution in [1.82, 2.24) is 4.98 Å². The van der Waals surface area contributed by atoms with Gasteiger partial charge in [0.05, 0.1) is 12.0 Å². The van der Waals surface area contributed by atoms with Crippen molar-refractivity contribution in [1.29, 1.82) is 0 Å². The molecule has 0 fully saturated rings. The fourth-order valence-electron chi connectivity index (χ4n) is 1.51. The summed E-state index contributed by atoms with van der Waals surface area (Å²) in [4.78, 5) is 26.4. The Labute approximate surface area is 118 Å². The molecule has 0 N–H and O–H groups in total. The number of carbonyl (C=O) groups excluding carboxylic acids is 1. The van der Waals surface area contributed by atoms with Crippen LogP contribution in [-0.2, 0) is 4.74 Å². The summed E-state index contributed by atoms with van der Waals surface area (Å²) in [7, 11) is 1.24. The second-order valence-corrected chi connectivity index (χ2v) is 4.81. The first-order valence-corrected chi connectivity index (χ1v) is 6.38. The lowest BCUT2D eigenvalue weighted by molar-refractivity contribution is -0.384. The molecule has 0 radical (unpaired) electrons. The molecular weight excluding hydrogens is 280 g/mol. The number of methoxy groups -OCH3 is 1. The zero-order chi connectivity index (χ0) is 14.5. The molecule has 2 heterocycles. The molecule has 0 aromatic carbocycles. The van der Waals surface area contributed by atoms with Crippen LogP contribution in [0.5, 0.6) is 0 Å². The van der Waals surface area contributed by atoms with Gasteiger partial charge in [-0.25, -0.2) is 4.79 Å². The first-order chi connectivity index (χ1) is 9.61. The van der Waals surface area contributed by atoms with Crippen molar-refractivity contribution in [3.05, 3.63) is 56.0 Å². The van der Waals surface area contributed by atoms with Gasteiger partial charge in [0, 0.05) is 18.5 Å². The number of pyridine rings is 1. The third kappa shape index (κ3) is 3.07. The Bertz CT molecular complexity index is 664. The molecule has 0 spiro atoms. The van der Waals surface area contributed by atoms with Crippen molar-refractivity contribution in [2.24, 2.45) is 0 Å². The average molecular weight is 290 g/mol. The van der Waals surface area contributed by atoms with Gasteiger partial charge in [0.25, 0.3) is 5.69 Å². The Morgan fingerprint density at radius 1 is 1.50 bits per heavy atom. The summed E-state index contributed by atoms with van der Waals surface area (Å²) < 4.78 is 4.56. The minimum Gasteiger partial charge on any atom is -0.465 e. The molecule has 0 amide bonds. The van der Waals surface area contributed by atoms with E-state index in [1.54, 1.807) is 30.6 Å². The lowest BCUT2D eigenvalue weighted by Crippen LogP contribution is -1.97. The van der Waals surface area contributed by atoms with E-state index in [4.69, 9.17) is 0 Å². The van der Waals surface area contributed by atoms with E-state index in [2.05, 4.69) is 9.72 Å². The van der Waals surface area contributed by atoms with Crippen LogP contribution in [0.25, 0.3) is 12.2 Å². The summed E-state index contributed by atoms with van der Waals surface area (Å²) in [6.07, 6.45) is 6.57. The Balaban J connectivity index is 2.35. The Morgan fingerprint density at radius 2 is 2.30 bits per heavy atom. The first-order valence-electron chi connectivity index (χ1n) is 5.56. The molecule has 0 saturated heterocycles. The van der Waals surface area contributed by atoms with Crippen molar-refractivity contribution in [2.45, 2.75) is 0 Å². The lowest BCUT2D eigenvalue weighted by atomic mass is 10.2. The van der Waals surface area contributed by atoms with Crippen LogP contribution in [0.1, 0.15) is 20.1 Å². The summed E-state index contributed by atoms with van der Waals surface area (Å²) in [6, 6.07) is 4.81. The second kappa shape index (κ2) is 6.07. The smallest absolute Gasteiger partial charge is 0.348 e. The molecule has 0 aliphatic heterocycles. The summed E-state index contributed by atoms with van der Waals surface area (Å²) in [5, 5.41) is 11.0. The number of aromatic nitrogens is 1. The number of esters is 1. The highest BCUT2D eigenvalue weighted by atomic mass is 32.1. The molecule has 2 rings (SSSR count). The third-order valence-corrected chi connectivity index (χ3v) is 3.50. The van der Waals surface area contributed by atoms with Crippen molar-refractivity contribution in [3.8, 4) is 0 Å². The maximum Gasteiger partial charge on any atom is 0.348 e. The van der Waals surface area contributed by atoms with Crippen LogP contribution in [0.4, 0.5) is 5.69 Å². The van der Waals surface area contributed by atoms with Crippen LogP contribution in [0.15, 0.2) is 30.6 Å². The van der Waals surface area contributed by atoms with Crippen LogP contribution < -0.4 is 0 Å². The molecule has 2 aromatic heterocycles. The maximum absolute atomic E-state index is 11.4. The third-order valence-electron chi connectivity index (χ3n) is 2.44. The standard InChI is InChI=1S/C13H10N2O4S/c1-19-13(16)12-7-10(15(17)18)11(20-12)5-4-9-3-2-6-14-8-9/h2-8H,1H3/b5-4+. The molecule has 0 aliphatic carbocycles. The molecule has 2 aromatic rings. The highest BCUT2D eigenvalue weighted by Gasteiger charge is 2.21. The van der Waals surface area contributed by atoms with E-state index in [1.807, 2.05) is 6.07 Å². The van der Waals surface area contributed by atoms with Gasteiger partial charge in [-0.15, -0.1) is 11.3 Å². The van der Waals surface area contributed by atoms with E-state index in [0.29, 0.717) is 4.88 Å². The predicted octanol–water partition coefficient (Wildman–Crippen LogP) is 3.01. The average Bonchev–Trinajstić information content (AvgIpc) is 2.90. The first kappa shape index (κ1) is 13.9. The summed E-state index contributed by atoms with van der Waals surface area (Å²) in [5.74, 6) is -0.584. The normalized spacial score (nSPS) is 10.7. The minimum absolute atomic E-state index is 0.115. The SMILES string of the molecule is COC(=O)c1cc([N+](=O)[O-])c(/C=C/c2cccnc2)s1. The summed E-state index contributed by atoms with van der Waals surface area (Å²) in [5.41, 5.74) is 0.699. The number of nitro groups is 1. The van der Waals surface area contributed by atoms with Crippen molar-refractivity contribution in [2.75, 3.05) is 7.11 Å². The second-order valence-electron chi connectivity index (χ2n) is 3.73. The Hall–Kier alpha value is -2.54. The van der Waals surface area contributed by atoms with Crippen LogP contribution in [0.2, 0.25) is 0 Å². The Kier molecular flexibility index (Phi) is 4.21. The van der Waals surface area contributed by atoms with E-state index in [9.17, 15) is 14.9 Å². The van der Waals surface area contributed by atoms with Gasteiger partial charge in [-0.2, -0.15) is 0 Å². The number of hydrogen-bond donors (Lipinski definition) is 0. The van der Waals surface area contributed by atoms with Crippen molar-refractivity contribution in [3.63, 3.8) is 0 Å². The van der Waals surface area contributed by atoms with Gasteiger partial charge in [-0.05, 0) is 17.7 Å². The fourth-order valence-corrected chi connectivity index (χ4v) is 2.45. The molecule has 6 nitrogen and oxygen atoms in total. The minimum atomic E-state index is -0.584.